The molecule has 0 spiro atoms. The highest BCUT2D eigenvalue weighted by Crippen LogP contribution is 2.32. The van der Waals surface area contributed by atoms with Gasteiger partial charge < -0.3 is 4.90 Å². The van der Waals surface area contributed by atoms with E-state index >= 15 is 0 Å². The zero-order valence-electron chi connectivity index (χ0n) is 13.1. The Bertz CT molecular complexity index is 705. The Balaban J connectivity index is 1.77. The van der Waals surface area contributed by atoms with Crippen molar-refractivity contribution in [2.45, 2.75) is 39.3 Å². The van der Waals surface area contributed by atoms with Gasteiger partial charge in [-0.05, 0) is 26.7 Å². The fourth-order valence-corrected chi connectivity index (χ4v) is 3.21. The van der Waals surface area contributed by atoms with Gasteiger partial charge in [-0.3, -0.25) is 14.2 Å². The average molecular weight is 322 g/mol. The Labute approximate surface area is 134 Å². The molecule has 6 nitrogen and oxygen atoms in total. The number of aromatic nitrogens is 4. The van der Waals surface area contributed by atoms with Crippen molar-refractivity contribution in [2.75, 3.05) is 6.54 Å². The summed E-state index contributed by atoms with van der Waals surface area (Å²) in [5, 5.41) is 9.19. The summed E-state index contributed by atoms with van der Waals surface area (Å²) in [6.45, 7) is 4.75. The topological polar surface area (TPSA) is 56.0 Å². The third-order valence-corrected chi connectivity index (χ3v) is 4.81. The Morgan fingerprint density at radius 2 is 2.23 bits per heavy atom. The largest absolute Gasteiger partial charge is 0.334 e. The van der Waals surface area contributed by atoms with E-state index in [0.29, 0.717) is 5.02 Å². The van der Waals surface area contributed by atoms with Crippen LogP contribution in [0.15, 0.2) is 12.4 Å². The number of rotatable bonds is 3. The predicted octanol–water partition coefficient (Wildman–Crippen LogP) is 2.25. The maximum Gasteiger partial charge on any atom is 0.244 e. The molecule has 2 aromatic rings. The molecule has 7 heteroatoms. The standard InChI is InChI=1S/C15H20ClN5O/c1-10-15(16)11(2)21(18-10)9-14(22)20-6-4-5-13(20)12-7-17-19(3)8-12/h7-8,13H,4-6,9H2,1-3H3. The van der Waals surface area contributed by atoms with Gasteiger partial charge in [-0.15, -0.1) is 0 Å². The molecule has 1 unspecified atom stereocenters. The highest BCUT2D eigenvalue weighted by molar-refractivity contribution is 6.31. The van der Waals surface area contributed by atoms with E-state index < -0.39 is 0 Å². The molecule has 2 aromatic heterocycles. The molecule has 0 N–H and O–H groups in total. The Morgan fingerprint density at radius 3 is 2.82 bits per heavy atom. The van der Waals surface area contributed by atoms with Crippen LogP contribution in [0.25, 0.3) is 0 Å². The van der Waals surface area contributed by atoms with Gasteiger partial charge in [0.25, 0.3) is 0 Å². The number of carbonyl (C=O) groups is 1. The van der Waals surface area contributed by atoms with Gasteiger partial charge in [0.2, 0.25) is 5.91 Å². The van der Waals surface area contributed by atoms with Crippen LogP contribution < -0.4 is 0 Å². The molecule has 0 radical (unpaired) electrons. The Morgan fingerprint density at radius 1 is 1.45 bits per heavy atom. The summed E-state index contributed by atoms with van der Waals surface area (Å²) in [4.78, 5) is 14.6. The SMILES string of the molecule is Cc1nn(CC(=O)N2CCCC2c2cnn(C)c2)c(C)c1Cl. The van der Waals surface area contributed by atoms with E-state index in [9.17, 15) is 4.79 Å². The van der Waals surface area contributed by atoms with E-state index in [1.54, 1.807) is 9.36 Å². The smallest absolute Gasteiger partial charge is 0.244 e. The molecule has 0 saturated carbocycles. The summed E-state index contributed by atoms with van der Waals surface area (Å²) >= 11 is 6.15. The summed E-state index contributed by atoms with van der Waals surface area (Å²) in [6, 6.07) is 0.119. The van der Waals surface area contributed by atoms with Crippen molar-refractivity contribution in [3.8, 4) is 0 Å². The molecule has 1 fully saturated rings. The monoisotopic (exact) mass is 321 g/mol. The highest BCUT2D eigenvalue weighted by Gasteiger charge is 2.31. The molecule has 1 aliphatic heterocycles. The lowest BCUT2D eigenvalue weighted by Crippen LogP contribution is -2.33. The molecule has 1 aliphatic rings. The molecule has 0 aromatic carbocycles. The lowest BCUT2D eigenvalue weighted by molar-refractivity contribution is -0.133. The van der Waals surface area contributed by atoms with E-state index in [0.717, 1.165) is 36.3 Å². The number of hydrogen-bond acceptors (Lipinski definition) is 3. The van der Waals surface area contributed by atoms with Crippen molar-refractivity contribution in [2.24, 2.45) is 7.05 Å². The third kappa shape index (κ3) is 2.63. The van der Waals surface area contributed by atoms with Crippen LogP contribution >= 0.6 is 11.6 Å². The van der Waals surface area contributed by atoms with Gasteiger partial charge in [0.1, 0.15) is 6.54 Å². The number of nitrogens with zero attached hydrogens (tertiary/aromatic N) is 5. The molecule has 3 rings (SSSR count). The van der Waals surface area contributed by atoms with E-state index in [1.807, 2.05) is 38.2 Å². The number of likely N-dealkylation sites (tertiary alicyclic amines) is 1. The van der Waals surface area contributed by atoms with Gasteiger partial charge >= 0.3 is 0 Å². The van der Waals surface area contributed by atoms with E-state index in [2.05, 4.69) is 10.2 Å². The second-order valence-corrected chi connectivity index (χ2v) is 6.21. The fourth-order valence-electron chi connectivity index (χ4n) is 3.07. The molecule has 0 aliphatic carbocycles. The molecule has 1 saturated heterocycles. The minimum Gasteiger partial charge on any atom is -0.334 e. The van der Waals surface area contributed by atoms with Crippen molar-refractivity contribution in [1.82, 2.24) is 24.5 Å². The van der Waals surface area contributed by atoms with Crippen molar-refractivity contribution >= 4 is 17.5 Å². The van der Waals surface area contributed by atoms with E-state index in [-0.39, 0.29) is 18.5 Å². The second kappa shape index (κ2) is 5.76. The average Bonchev–Trinajstić information content (AvgIpc) is 3.16. The summed E-state index contributed by atoms with van der Waals surface area (Å²) in [5.41, 5.74) is 2.70. The number of aryl methyl sites for hydroxylation is 2. The van der Waals surface area contributed by atoms with Gasteiger partial charge in [0, 0.05) is 25.4 Å². The van der Waals surface area contributed by atoms with Crippen LogP contribution in [-0.4, -0.2) is 36.9 Å². The first-order valence-electron chi connectivity index (χ1n) is 7.45. The summed E-state index contributed by atoms with van der Waals surface area (Å²) in [5.74, 6) is 0.0774. The molecule has 118 valence electrons. The quantitative estimate of drug-likeness (QED) is 0.871. The van der Waals surface area contributed by atoms with Gasteiger partial charge in [-0.25, -0.2) is 0 Å². The number of amides is 1. The third-order valence-electron chi connectivity index (χ3n) is 4.26. The minimum atomic E-state index is 0.0774. The maximum absolute atomic E-state index is 12.7. The van der Waals surface area contributed by atoms with Crippen molar-refractivity contribution in [3.05, 3.63) is 34.4 Å². The van der Waals surface area contributed by atoms with Crippen LogP contribution in [0.5, 0.6) is 0 Å². The lowest BCUT2D eigenvalue weighted by Gasteiger charge is -2.24. The number of halogens is 1. The Kier molecular flexibility index (Phi) is 3.95. The second-order valence-electron chi connectivity index (χ2n) is 5.83. The van der Waals surface area contributed by atoms with E-state index in [1.165, 1.54) is 0 Å². The summed E-state index contributed by atoms with van der Waals surface area (Å²) in [7, 11) is 1.89. The molecule has 0 bridgehead atoms. The minimum absolute atomic E-state index is 0.0774. The molecular weight excluding hydrogens is 302 g/mol. The first-order chi connectivity index (χ1) is 10.5. The number of carbonyl (C=O) groups excluding carboxylic acids is 1. The van der Waals surface area contributed by atoms with Crippen molar-refractivity contribution in [1.29, 1.82) is 0 Å². The van der Waals surface area contributed by atoms with Crippen LogP contribution in [0.1, 0.15) is 35.8 Å². The van der Waals surface area contributed by atoms with Gasteiger partial charge in [0.15, 0.2) is 0 Å². The molecule has 22 heavy (non-hydrogen) atoms. The summed E-state index contributed by atoms with van der Waals surface area (Å²) in [6.07, 6.45) is 5.82. The zero-order valence-corrected chi connectivity index (χ0v) is 13.8. The first kappa shape index (κ1) is 15.1. The van der Waals surface area contributed by atoms with Crippen LogP contribution in [0, 0.1) is 13.8 Å². The normalized spacial score (nSPS) is 18.2. The van der Waals surface area contributed by atoms with Crippen molar-refractivity contribution in [3.63, 3.8) is 0 Å². The van der Waals surface area contributed by atoms with Gasteiger partial charge in [0.05, 0.1) is 28.6 Å². The Hall–Kier alpha value is -1.82. The highest BCUT2D eigenvalue weighted by atomic mass is 35.5. The maximum atomic E-state index is 12.7. The molecule has 1 atom stereocenters. The lowest BCUT2D eigenvalue weighted by atomic mass is 10.1. The first-order valence-corrected chi connectivity index (χ1v) is 7.82. The van der Waals surface area contributed by atoms with E-state index in [4.69, 9.17) is 11.6 Å². The summed E-state index contributed by atoms with van der Waals surface area (Å²) < 4.78 is 3.47. The zero-order chi connectivity index (χ0) is 15.9. The molecular formula is C15H20ClN5O. The predicted molar refractivity (Wildman–Crippen MR) is 83.6 cm³/mol. The molecule has 3 heterocycles. The fraction of sp³-hybridized carbons (Fsp3) is 0.533. The van der Waals surface area contributed by atoms with Crippen LogP contribution in [0.4, 0.5) is 0 Å². The van der Waals surface area contributed by atoms with Crippen LogP contribution in [0.3, 0.4) is 0 Å². The van der Waals surface area contributed by atoms with Gasteiger partial charge in [-0.1, -0.05) is 11.6 Å². The van der Waals surface area contributed by atoms with Crippen LogP contribution in [-0.2, 0) is 18.4 Å². The van der Waals surface area contributed by atoms with Crippen molar-refractivity contribution < 1.29 is 4.79 Å². The molecule has 1 amide bonds. The van der Waals surface area contributed by atoms with Crippen LogP contribution in [0.2, 0.25) is 5.02 Å². The van der Waals surface area contributed by atoms with Gasteiger partial charge in [-0.2, -0.15) is 10.2 Å². The number of hydrogen-bond donors (Lipinski definition) is 0.